The molecule has 2 aliphatic rings. The molecule has 126 valence electrons. The topological polar surface area (TPSA) is 43.8 Å². The van der Waals surface area contributed by atoms with Gasteiger partial charge in [-0.1, -0.05) is 70.1 Å². The highest BCUT2D eigenvalue weighted by Gasteiger charge is 2.32. The Morgan fingerprint density at radius 2 is 1.38 bits per heavy atom. The molecule has 2 aromatic rings. The number of ketones is 1. The van der Waals surface area contributed by atoms with Crippen LogP contribution in [0.4, 0.5) is 0 Å². The minimum absolute atomic E-state index is 0.167. The zero-order valence-electron chi connectivity index (χ0n) is 13.6. The van der Waals surface area contributed by atoms with Gasteiger partial charge in [-0.25, -0.2) is 0 Å². The van der Waals surface area contributed by atoms with E-state index in [1.54, 1.807) is 0 Å². The molecule has 0 radical (unpaired) electrons. The normalized spacial score (nSPS) is 18.5. The summed E-state index contributed by atoms with van der Waals surface area (Å²) < 4.78 is 1.89. The fourth-order valence-electron chi connectivity index (χ4n) is 2.99. The number of hydrogen-bond donors (Lipinski definition) is 1. The van der Waals surface area contributed by atoms with Crippen molar-refractivity contribution in [3.63, 3.8) is 0 Å². The van der Waals surface area contributed by atoms with Crippen LogP contribution >= 0.6 is 9.39 Å². The number of likely N-dealkylation sites (tertiary alicyclic amines) is 1. The summed E-state index contributed by atoms with van der Waals surface area (Å²) in [7, 11) is 2.46. The molecule has 5 heteroatoms. The van der Waals surface area contributed by atoms with Crippen LogP contribution in [-0.4, -0.2) is 52.7 Å². The molecule has 0 aliphatic carbocycles. The van der Waals surface area contributed by atoms with Gasteiger partial charge in [0.05, 0.1) is 25.2 Å². The fraction of sp³-hybridized carbons (Fsp3) is 0.316. The molecule has 0 saturated carbocycles. The average molecular weight is 342 g/mol. The molecular formula is C19H23N2O2P. The van der Waals surface area contributed by atoms with Crippen LogP contribution in [0.5, 0.6) is 0 Å². The molecule has 1 atom stereocenters. The summed E-state index contributed by atoms with van der Waals surface area (Å²) in [6, 6.07) is 21.2. The van der Waals surface area contributed by atoms with Gasteiger partial charge in [-0.05, 0) is 11.1 Å². The molecule has 1 unspecified atom stereocenters. The highest BCUT2D eigenvalue weighted by Crippen LogP contribution is 2.31. The number of aliphatic hydroxyl groups excluding tert-OH is 1. The van der Waals surface area contributed by atoms with Gasteiger partial charge in [0.25, 0.3) is 0 Å². The zero-order chi connectivity index (χ0) is 16.9. The number of aliphatic hydroxyl groups is 1. The predicted octanol–water partition coefficient (Wildman–Crippen LogP) is 2.11. The van der Waals surface area contributed by atoms with Crippen molar-refractivity contribution in [2.24, 2.45) is 0 Å². The Hall–Kier alpha value is -1.58. The summed E-state index contributed by atoms with van der Waals surface area (Å²) in [4.78, 5) is 12.4. The monoisotopic (exact) mass is 342 g/mol. The van der Waals surface area contributed by atoms with E-state index in [1.165, 1.54) is 11.1 Å². The second-order valence-corrected chi connectivity index (χ2v) is 7.01. The summed E-state index contributed by atoms with van der Waals surface area (Å²) in [6.07, 6.45) is -0.167. The van der Waals surface area contributed by atoms with Gasteiger partial charge < -0.3 is 5.11 Å². The van der Waals surface area contributed by atoms with Crippen molar-refractivity contribution in [2.75, 3.05) is 26.2 Å². The van der Waals surface area contributed by atoms with Gasteiger partial charge >= 0.3 is 0 Å². The Bertz CT molecular complexity index is 612. The third-order valence-electron chi connectivity index (χ3n) is 4.25. The number of Topliss-reactive ketones (excluding diaryl/α,β-unsaturated/α-hetero) is 1. The van der Waals surface area contributed by atoms with Gasteiger partial charge in [-0.15, -0.1) is 0 Å². The van der Waals surface area contributed by atoms with Crippen LogP contribution in [0.15, 0.2) is 60.7 Å². The van der Waals surface area contributed by atoms with Gasteiger partial charge in [0.1, 0.15) is 0 Å². The van der Waals surface area contributed by atoms with E-state index in [0.717, 1.165) is 13.1 Å². The molecule has 0 aromatic heterocycles. The largest absolute Gasteiger partial charge is 0.390 e. The molecule has 4 nitrogen and oxygen atoms in total. The van der Waals surface area contributed by atoms with E-state index in [2.05, 4.69) is 62.8 Å². The molecule has 2 aliphatic heterocycles. The molecule has 4 rings (SSSR count). The summed E-state index contributed by atoms with van der Waals surface area (Å²) in [5.74, 6) is 0.338. The maximum Gasteiger partial charge on any atom is 0.161 e. The summed E-state index contributed by atoms with van der Waals surface area (Å²) in [5.41, 5.74) is 2.58. The van der Waals surface area contributed by atoms with Crippen LogP contribution < -0.4 is 0 Å². The van der Waals surface area contributed by atoms with Crippen LogP contribution in [0.2, 0.25) is 0 Å². The van der Waals surface area contributed by atoms with Gasteiger partial charge in [0.15, 0.2) is 5.78 Å². The van der Waals surface area contributed by atoms with Crippen LogP contribution in [0.3, 0.4) is 0 Å². The molecule has 0 spiro atoms. The fourth-order valence-corrected chi connectivity index (χ4v) is 3.40. The van der Waals surface area contributed by atoms with Crippen LogP contribution in [-0.2, 0) is 4.79 Å². The summed E-state index contributed by atoms with van der Waals surface area (Å²) >= 11 is 0. The molecular weight excluding hydrogens is 319 g/mol. The van der Waals surface area contributed by atoms with Crippen molar-refractivity contribution in [3.05, 3.63) is 71.8 Å². The number of carbonyl (C=O) groups is 1. The first-order valence-electron chi connectivity index (χ1n) is 8.17. The van der Waals surface area contributed by atoms with E-state index in [1.807, 2.05) is 16.8 Å². The van der Waals surface area contributed by atoms with Crippen molar-refractivity contribution in [2.45, 2.75) is 12.1 Å². The number of β-amino-alcohol motifs (C(OH)–C–C–N with tert-alkyl or cyclic N) is 1. The van der Waals surface area contributed by atoms with E-state index in [4.69, 9.17) is 0 Å². The third kappa shape index (κ3) is 4.28. The van der Waals surface area contributed by atoms with E-state index >= 15 is 0 Å². The molecule has 2 fully saturated rings. The molecule has 1 N–H and O–H groups in total. The smallest absolute Gasteiger partial charge is 0.161 e. The SMILES string of the molecule is O=C1CN(P)C1.OC1CN(C(c2ccccc2)c2ccccc2)C1. The molecule has 2 aromatic carbocycles. The highest BCUT2D eigenvalue weighted by molar-refractivity contribution is 7.13. The Labute approximate surface area is 145 Å². The first-order valence-corrected chi connectivity index (χ1v) is 8.68. The summed E-state index contributed by atoms with van der Waals surface area (Å²) in [6.45, 7) is 2.78. The number of carbonyl (C=O) groups excluding carboxylic acids is 1. The zero-order valence-corrected chi connectivity index (χ0v) is 14.7. The van der Waals surface area contributed by atoms with E-state index in [0.29, 0.717) is 18.9 Å². The minimum Gasteiger partial charge on any atom is -0.390 e. The van der Waals surface area contributed by atoms with E-state index < -0.39 is 0 Å². The second kappa shape index (κ2) is 8.00. The van der Waals surface area contributed by atoms with Gasteiger partial charge in [-0.3, -0.25) is 14.4 Å². The van der Waals surface area contributed by atoms with Crippen LogP contribution in [0.1, 0.15) is 17.2 Å². The Kier molecular flexibility index (Phi) is 5.75. The summed E-state index contributed by atoms with van der Waals surface area (Å²) in [5, 5.41) is 9.52. The van der Waals surface area contributed by atoms with Crippen LogP contribution in [0.25, 0.3) is 0 Å². The van der Waals surface area contributed by atoms with Crippen molar-refractivity contribution in [1.82, 2.24) is 9.57 Å². The Balaban J connectivity index is 0.000000238. The molecule has 2 heterocycles. The minimum atomic E-state index is -0.167. The lowest BCUT2D eigenvalue weighted by Gasteiger charge is -2.42. The number of benzene rings is 2. The van der Waals surface area contributed by atoms with E-state index in [9.17, 15) is 9.90 Å². The number of hydrogen-bond acceptors (Lipinski definition) is 4. The van der Waals surface area contributed by atoms with Gasteiger partial charge in [-0.2, -0.15) is 0 Å². The average Bonchev–Trinajstić information content (AvgIpc) is 2.55. The first-order chi connectivity index (χ1) is 11.6. The second-order valence-electron chi connectivity index (χ2n) is 6.28. The third-order valence-corrected chi connectivity index (χ3v) is 4.61. The predicted molar refractivity (Wildman–Crippen MR) is 98.6 cm³/mol. The Morgan fingerprint density at radius 3 is 1.67 bits per heavy atom. The lowest BCUT2D eigenvalue weighted by atomic mass is 9.94. The van der Waals surface area contributed by atoms with E-state index in [-0.39, 0.29) is 12.1 Å². The van der Waals surface area contributed by atoms with Crippen LogP contribution in [0, 0.1) is 0 Å². The molecule has 0 amide bonds. The maximum absolute atomic E-state index is 10.1. The van der Waals surface area contributed by atoms with Crippen molar-refractivity contribution < 1.29 is 9.90 Å². The first kappa shape index (κ1) is 17.2. The van der Waals surface area contributed by atoms with Crippen molar-refractivity contribution in [3.8, 4) is 0 Å². The van der Waals surface area contributed by atoms with Gasteiger partial charge in [0.2, 0.25) is 0 Å². The molecule has 0 bridgehead atoms. The van der Waals surface area contributed by atoms with Gasteiger partial charge in [0, 0.05) is 13.1 Å². The molecule has 2 saturated heterocycles. The maximum atomic E-state index is 10.1. The van der Waals surface area contributed by atoms with Crippen molar-refractivity contribution >= 4 is 15.2 Å². The number of nitrogens with zero attached hydrogens (tertiary/aromatic N) is 2. The lowest BCUT2D eigenvalue weighted by molar-refractivity contribution is -0.125. The quantitative estimate of drug-likeness (QED) is 0.868. The standard InChI is InChI=1S/C16H17NO.C3H6NOP/c18-15-11-17(12-15)16(13-7-3-1-4-8-13)14-9-5-2-6-10-14;5-3-1-4(6)2-3/h1-10,15-16,18H,11-12H2;1-2,6H2. The number of rotatable bonds is 3. The Morgan fingerprint density at radius 1 is 0.917 bits per heavy atom. The highest BCUT2D eigenvalue weighted by atomic mass is 31.0. The lowest BCUT2D eigenvalue weighted by Crippen LogP contribution is -2.52. The molecule has 24 heavy (non-hydrogen) atoms. The van der Waals surface area contributed by atoms with Crippen molar-refractivity contribution in [1.29, 1.82) is 0 Å².